The van der Waals surface area contributed by atoms with Gasteiger partial charge in [-0.1, -0.05) is 18.2 Å². The number of hydrogen-bond acceptors (Lipinski definition) is 5. The molecule has 0 saturated carbocycles. The number of nitrogens with zero attached hydrogens (tertiary/aromatic N) is 4. The number of anilines is 1. The second kappa shape index (κ2) is 8.61. The average molecular weight is 447 g/mol. The summed E-state index contributed by atoms with van der Waals surface area (Å²) in [6, 6.07) is 4.91. The molecule has 2 aromatic heterocycles. The average Bonchev–Trinajstić information content (AvgIpc) is 2.76. The number of nitrogens with one attached hydrogen (secondary N) is 1. The maximum atomic E-state index is 15.7. The van der Waals surface area contributed by atoms with Crippen molar-refractivity contribution in [1.82, 2.24) is 19.9 Å². The number of aryl methyl sites for hydroxylation is 1. The van der Waals surface area contributed by atoms with Crippen LogP contribution in [-0.2, 0) is 5.67 Å². The molecule has 1 aliphatic heterocycles. The van der Waals surface area contributed by atoms with Gasteiger partial charge in [0.15, 0.2) is 5.67 Å². The third-order valence-electron chi connectivity index (χ3n) is 6.15. The van der Waals surface area contributed by atoms with Crippen LogP contribution >= 0.6 is 0 Å². The molecule has 9 heteroatoms. The van der Waals surface area contributed by atoms with Gasteiger partial charge in [-0.25, -0.2) is 27.5 Å². The van der Waals surface area contributed by atoms with E-state index in [0.717, 1.165) is 6.07 Å². The molecule has 5 nitrogen and oxygen atoms in total. The van der Waals surface area contributed by atoms with Crippen molar-refractivity contribution in [2.24, 2.45) is 0 Å². The Morgan fingerprint density at radius 3 is 2.50 bits per heavy atom. The molecule has 1 N–H and O–H groups in total. The summed E-state index contributed by atoms with van der Waals surface area (Å²) in [6.45, 7) is 4.67. The van der Waals surface area contributed by atoms with E-state index >= 15 is 4.39 Å². The van der Waals surface area contributed by atoms with Crippen molar-refractivity contribution in [2.75, 3.05) is 25.5 Å². The van der Waals surface area contributed by atoms with E-state index in [1.165, 1.54) is 18.5 Å². The van der Waals surface area contributed by atoms with Crippen molar-refractivity contribution < 1.29 is 17.6 Å². The molecular formula is C23H25F4N5. The quantitative estimate of drug-likeness (QED) is 0.526. The van der Waals surface area contributed by atoms with Gasteiger partial charge in [-0.05, 0) is 39.8 Å². The second-order valence-corrected chi connectivity index (χ2v) is 8.40. The maximum Gasteiger partial charge on any atom is 0.266 e. The lowest BCUT2D eigenvalue weighted by Gasteiger charge is -2.34. The summed E-state index contributed by atoms with van der Waals surface area (Å²) in [5.74, 6) is -0.582. The van der Waals surface area contributed by atoms with Crippen LogP contribution in [0.3, 0.4) is 0 Å². The van der Waals surface area contributed by atoms with Gasteiger partial charge in [-0.2, -0.15) is 0 Å². The molecule has 0 amide bonds. The highest BCUT2D eigenvalue weighted by atomic mass is 19.3. The second-order valence-electron chi connectivity index (χ2n) is 8.40. The van der Waals surface area contributed by atoms with Gasteiger partial charge >= 0.3 is 0 Å². The van der Waals surface area contributed by atoms with Crippen molar-refractivity contribution in [3.8, 4) is 0 Å². The fourth-order valence-electron chi connectivity index (χ4n) is 4.15. The minimum absolute atomic E-state index is 0.0952. The van der Waals surface area contributed by atoms with Crippen LogP contribution in [0.5, 0.6) is 0 Å². The molecule has 1 aromatic carbocycles. The Morgan fingerprint density at radius 1 is 1.12 bits per heavy atom. The Morgan fingerprint density at radius 2 is 1.81 bits per heavy atom. The molecule has 0 aliphatic carbocycles. The van der Waals surface area contributed by atoms with Crippen molar-refractivity contribution in [3.05, 3.63) is 58.9 Å². The number of hydrogen-bond donors (Lipinski definition) is 1. The summed E-state index contributed by atoms with van der Waals surface area (Å²) in [7, 11) is 1.96. The first-order valence-electron chi connectivity index (χ1n) is 10.5. The highest BCUT2D eigenvalue weighted by Crippen LogP contribution is 2.38. The zero-order valence-electron chi connectivity index (χ0n) is 18.2. The number of alkyl halides is 3. The van der Waals surface area contributed by atoms with Gasteiger partial charge in [0.2, 0.25) is 0 Å². The maximum absolute atomic E-state index is 15.7. The SMILES string of the molecule is Cc1nc(C2(F)CCN(C)CC2)cc2c(N[C@H](C)c3cccc(C(F)F)c3F)ncnc12. The first-order chi connectivity index (χ1) is 15.2. The van der Waals surface area contributed by atoms with E-state index in [0.29, 0.717) is 54.0 Å². The normalized spacial score (nSPS) is 17.6. The van der Waals surface area contributed by atoms with Gasteiger partial charge in [-0.15, -0.1) is 0 Å². The lowest BCUT2D eigenvalue weighted by Crippen LogP contribution is -2.38. The lowest BCUT2D eigenvalue weighted by atomic mass is 9.89. The first kappa shape index (κ1) is 22.4. The number of fused-ring (bicyclic) bond motifs is 1. The minimum atomic E-state index is -2.91. The molecule has 1 aliphatic rings. The Balaban J connectivity index is 1.72. The fraction of sp³-hybridized carbons (Fsp3) is 0.435. The van der Waals surface area contributed by atoms with Gasteiger partial charge in [0.05, 0.1) is 28.5 Å². The van der Waals surface area contributed by atoms with Crippen molar-refractivity contribution in [3.63, 3.8) is 0 Å². The molecule has 1 fully saturated rings. The minimum Gasteiger partial charge on any atom is -0.363 e. The number of benzene rings is 1. The predicted molar refractivity (Wildman–Crippen MR) is 115 cm³/mol. The van der Waals surface area contributed by atoms with E-state index in [1.807, 2.05) is 7.05 Å². The van der Waals surface area contributed by atoms with E-state index in [-0.39, 0.29) is 5.56 Å². The molecule has 0 radical (unpaired) electrons. The predicted octanol–water partition coefficient (Wildman–Crippen LogP) is 5.47. The molecular weight excluding hydrogens is 422 g/mol. The van der Waals surface area contributed by atoms with E-state index < -0.39 is 29.5 Å². The van der Waals surface area contributed by atoms with Crippen LogP contribution in [0.25, 0.3) is 10.9 Å². The number of halogens is 4. The first-order valence-corrected chi connectivity index (χ1v) is 10.5. The van der Waals surface area contributed by atoms with Crippen LogP contribution in [0, 0.1) is 12.7 Å². The third-order valence-corrected chi connectivity index (χ3v) is 6.15. The van der Waals surface area contributed by atoms with Crippen molar-refractivity contribution in [2.45, 2.75) is 44.8 Å². The van der Waals surface area contributed by atoms with E-state index in [2.05, 4.69) is 25.2 Å². The Labute approximate surface area is 183 Å². The summed E-state index contributed by atoms with van der Waals surface area (Å²) in [4.78, 5) is 15.1. The summed E-state index contributed by atoms with van der Waals surface area (Å²) in [5.41, 5.74) is -0.659. The van der Waals surface area contributed by atoms with Crippen molar-refractivity contribution >= 4 is 16.7 Å². The molecule has 3 heterocycles. The zero-order valence-corrected chi connectivity index (χ0v) is 18.2. The van der Waals surface area contributed by atoms with Crippen LogP contribution in [0.4, 0.5) is 23.4 Å². The van der Waals surface area contributed by atoms with E-state index in [4.69, 9.17) is 0 Å². The topological polar surface area (TPSA) is 53.9 Å². The molecule has 0 bridgehead atoms. The highest BCUT2D eigenvalue weighted by Gasteiger charge is 2.37. The largest absolute Gasteiger partial charge is 0.363 e. The summed E-state index contributed by atoms with van der Waals surface area (Å²) >= 11 is 0. The summed E-state index contributed by atoms with van der Waals surface area (Å²) < 4.78 is 56.6. The Hall–Kier alpha value is -2.81. The zero-order chi connectivity index (χ0) is 23.0. The smallest absolute Gasteiger partial charge is 0.266 e. The third kappa shape index (κ3) is 4.13. The number of aromatic nitrogens is 3. The molecule has 32 heavy (non-hydrogen) atoms. The van der Waals surface area contributed by atoms with E-state index in [9.17, 15) is 13.2 Å². The fourth-order valence-corrected chi connectivity index (χ4v) is 4.15. The van der Waals surface area contributed by atoms with Crippen LogP contribution < -0.4 is 5.32 Å². The van der Waals surface area contributed by atoms with Gasteiger partial charge in [0, 0.05) is 24.0 Å². The van der Waals surface area contributed by atoms with Crippen molar-refractivity contribution in [1.29, 1.82) is 0 Å². The summed E-state index contributed by atoms with van der Waals surface area (Å²) in [5, 5.41) is 3.65. The van der Waals surface area contributed by atoms with Gasteiger partial charge in [-0.3, -0.25) is 4.98 Å². The summed E-state index contributed by atoms with van der Waals surface area (Å²) in [6.07, 6.45) is -0.896. The molecule has 0 spiro atoms. The van der Waals surface area contributed by atoms with Crippen LogP contribution in [-0.4, -0.2) is 40.0 Å². The van der Waals surface area contributed by atoms with E-state index in [1.54, 1.807) is 19.9 Å². The lowest BCUT2D eigenvalue weighted by molar-refractivity contribution is 0.0634. The van der Waals surface area contributed by atoms with Gasteiger partial charge in [0.25, 0.3) is 6.43 Å². The molecule has 3 aromatic rings. The molecule has 4 rings (SSSR count). The number of pyridine rings is 1. The highest BCUT2D eigenvalue weighted by molar-refractivity contribution is 5.90. The molecule has 1 atom stereocenters. The monoisotopic (exact) mass is 447 g/mol. The van der Waals surface area contributed by atoms with Gasteiger partial charge < -0.3 is 10.2 Å². The standard InChI is InChI=1S/C23H25F4N5/c1-13(15-5-4-6-16(19(15)24)21(25)26)31-22-17-11-18(23(27)7-9-32(3)10-8-23)30-14(2)20(17)28-12-29-22/h4-6,11-13,21H,7-10H2,1-3H3,(H,28,29,31)/t13-/m1/s1. The van der Waals surface area contributed by atoms with Crippen LogP contribution in [0.1, 0.15) is 54.7 Å². The Bertz CT molecular complexity index is 1130. The molecule has 0 unspecified atom stereocenters. The Kier molecular flexibility index (Phi) is 6.03. The number of likely N-dealkylation sites (tertiary alicyclic amines) is 1. The molecule has 170 valence electrons. The van der Waals surface area contributed by atoms with Crippen LogP contribution in [0.15, 0.2) is 30.6 Å². The van der Waals surface area contributed by atoms with Gasteiger partial charge in [0.1, 0.15) is 18.0 Å². The number of rotatable bonds is 5. The molecule has 1 saturated heterocycles. The van der Waals surface area contributed by atoms with Crippen LogP contribution in [0.2, 0.25) is 0 Å². The number of piperidine rings is 1.